The molecule has 0 bridgehead atoms. The first-order chi connectivity index (χ1) is 5.70. The minimum atomic E-state index is -0.265. The minimum absolute atomic E-state index is 0.189. The van der Waals surface area contributed by atoms with Gasteiger partial charge in [0.2, 0.25) is 0 Å². The second-order valence-electron chi connectivity index (χ2n) is 2.53. The fourth-order valence-corrected chi connectivity index (χ4v) is 0.951. The topological polar surface area (TPSA) is 39.2 Å². The van der Waals surface area contributed by atoms with Crippen LogP contribution in [-0.4, -0.2) is 11.0 Å². The number of esters is 1. The zero-order chi connectivity index (χ0) is 8.97. The Kier molecular flexibility index (Phi) is 2.80. The molecule has 0 N–H and O–H groups in total. The van der Waals surface area contributed by atoms with Crippen LogP contribution in [0.15, 0.2) is 24.5 Å². The molecule has 0 fully saturated rings. The Bertz CT molecular complexity index is 258. The van der Waals surface area contributed by atoms with Crippen molar-refractivity contribution >= 4 is 5.97 Å². The zero-order valence-corrected chi connectivity index (χ0v) is 7.15. The highest BCUT2D eigenvalue weighted by atomic mass is 16.5. The van der Waals surface area contributed by atoms with Gasteiger partial charge in [0.25, 0.3) is 0 Å². The molecular formula is C9H11NO2. The van der Waals surface area contributed by atoms with Crippen LogP contribution in [0.4, 0.5) is 0 Å². The third-order valence-corrected chi connectivity index (χ3v) is 1.52. The van der Waals surface area contributed by atoms with Gasteiger partial charge in [-0.3, -0.25) is 9.78 Å². The molecule has 1 aromatic rings. The molecule has 1 rings (SSSR count). The molecule has 0 unspecified atom stereocenters. The Morgan fingerprint density at radius 3 is 2.58 bits per heavy atom. The predicted octanol–water partition coefficient (Wildman–Crippen LogP) is 1.71. The highest BCUT2D eigenvalue weighted by Gasteiger charge is 2.06. The van der Waals surface area contributed by atoms with E-state index >= 15 is 0 Å². The monoisotopic (exact) mass is 165 g/mol. The molecule has 0 saturated heterocycles. The summed E-state index contributed by atoms with van der Waals surface area (Å²) < 4.78 is 4.97. The van der Waals surface area contributed by atoms with E-state index < -0.39 is 0 Å². The van der Waals surface area contributed by atoms with E-state index in [9.17, 15) is 4.79 Å². The summed E-state index contributed by atoms with van der Waals surface area (Å²) in [5, 5.41) is 0. The van der Waals surface area contributed by atoms with E-state index in [1.807, 2.05) is 19.1 Å². The number of carbonyl (C=O) groups excluding carboxylic acids is 1. The summed E-state index contributed by atoms with van der Waals surface area (Å²) in [7, 11) is 0. The molecule has 1 heterocycles. The maximum atomic E-state index is 10.6. The summed E-state index contributed by atoms with van der Waals surface area (Å²) in [5.74, 6) is -0.265. The summed E-state index contributed by atoms with van der Waals surface area (Å²) >= 11 is 0. The van der Waals surface area contributed by atoms with Crippen molar-refractivity contribution in [1.82, 2.24) is 4.98 Å². The standard InChI is InChI=1S/C9H11NO2/c1-7(12-8(2)11)9-3-5-10-6-4-9/h3-7H,1-2H3/t7-/m1/s1. The van der Waals surface area contributed by atoms with Crippen molar-refractivity contribution < 1.29 is 9.53 Å². The predicted molar refractivity (Wildman–Crippen MR) is 44.4 cm³/mol. The number of ether oxygens (including phenoxy) is 1. The molecule has 1 aromatic heterocycles. The SMILES string of the molecule is CC(=O)O[C@H](C)c1ccncc1. The fourth-order valence-electron chi connectivity index (χ4n) is 0.951. The Morgan fingerprint density at radius 1 is 1.50 bits per heavy atom. The van der Waals surface area contributed by atoms with Crippen molar-refractivity contribution in [1.29, 1.82) is 0 Å². The lowest BCUT2D eigenvalue weighted by molar-refractivity contribution is -0.145. The van der Waals surface area contributed by atoms with E-state index in [2.05, 4.69) is 4.98 Å². The van der Waals surface area contributed by atoms with Gasteiger partial charge < -0.3 is 4.74 Å². The lowest BCUT2D eigenvalue weighted by Crippen LogP contribution is -2.04. The summed E-state index contributed by atoms with van der Waals surface area (Å²) in [5.41, 5.74) is 0.959. The van der Waals surface area contributed by atoms with Crippen LogP contribution >= 0.6 is 0 Å². The third kappa shape index (κ3) is 2.34. The molecule has 3 nitrogen and oxygen atoms in total. The van der Waals surface area contributed by atoms with Gasteiger partial charge in [-0.2, -0.15) is 0 Å². The van der Waals surface area contributed by atoms with Gasteiger partial charge in [-0.25, -0.2) is 0 Å². The van der Waals surface area contributed by atoms with Gasteiger partial charge in [0.05, 0.1) is 0 Å². The van der Waals surface area contributed by atoms with Gasteiger partial charge in [0, 0.05) is 19.3 Å². The number of hydrogen-bond acceptors (Lipinski definition) is 3. The van der Waals surface area contributed by atoms with Crippen molar-refractivity contribution in [2.45, 2.75) is 20.0 Å². The molecule has 64 valence electrons. The van der Waals surface area contributed by atoms with Crippen LogP contribution in [0.3, 0.4) is 0 Å². The molecule has 0 amide bonds. The average Bonchev–Trinajstić information content (AvgIpc) is 2.05. The smallest absolute Gasteiger partial charge is 0.303 e. The highest BCUT2D eigenvalue weighted by Crippen LogP contribution is 2.14. The van der Waals surface area contributed by atoms with Crippen LogP contribution in [0, 0.1) is 0 Å². The van der Waals surface area contributed by atoms with Gasteiger partial charge in [-0.05, 0) is 24.6 Å². The van der Waals surface area contributed by atoms with Gasteiger partial charge >= 0.3 is 5.97 Å². The normalized spacial score (nSPS) is 12.2. The number of nitrogens with zero attached hydrogens (tertiary/aromatic N) is 1. The highest BCUT2D eigenvalue weighted by molar-refractivity contribution is 5.66. The molecule has 3 heteroatoms. The second-order valence-corrected chi connectivity index (χ2v) is 2.53. The quantitative estimate of drug-likeness (QED) is 0.626. The first-order valence-electron chi connectivity index (χ1n) is 3.77. The van der Waals surface area contributed by atoms with Crippen molar-refractivity contribution in [2.75, 3.05) is 0 Å². The Balaban J connectivity index is 2.65. The molecule has 0 aliphatic carbocycles. The summed E-state index contributed by atoms with van der Waals surface area (Å²) in [6.07, 6.45) is 3.16. The number of pyridine rings is 1. The van der Waals surface area contributed by atoms with Gasteiger partial charge in [0.1, 0.15) is 6.10 Å². The van der Waals surface area contributed by atoms with Crippen molar-refractivity contribution in [3.63, 3.8) is 0 Å². The number of hydrogen-bond donors (Lipinski definition) is 0. The van der Waals surface area contributed by atoms with E-state index in [1.165, 1.54) is 6.92 Å². The van der Waals surface area contributed by atoms with Crippen LogP contribution in [0.5, 0.6) is 0 Å². The van der Waals surface area contributed by atoms with Crippen LogP contribution in [0.2, 0.25) is 0 Å². The molecule has 12 heavy (non-hydrogen) atoms. The molecule has 0 aromatic carbocycles. The average molecular weight is 165 g/mol. The lowest BCUT2D eigenvalue weighted by Gasteiger charge is -2.10. The van der Waals surface area contributed by atoms with Gasteiger partial charge in [-0.15, -0.1) is 0 Å². The molecule has 0 radical (unpaired) electrons. The van der Waals surface area contributed by atoms with Crippen LogP contribution in [-0.2, 0) is 9.53 Å². The summed E-state index contributed by atoms with van der Waals surface area (Å²) in [4.78, 5) is 14.5. The molecule has 0 spiro atoms. The number of carbonyl (C=O) groups is 1. The van der Waals surface area contributed by atoms with Gasteiger partial charge in [-0.1, -0.05) is 0 Å². The first-order valence-corrected chi connectivity index (χ1v) is 3.77. The number of aromatic nitrogens is 1. The van der Waals surface area contributed by atoms with Crippen molar-refractivity contribution in [2.24, 2.45) is 0 Å². The van der Waals surface area contributed by atoms with E-state index in [0.29, 0.717) is 0 Å². The molecule has 1 atom stereocenters. The lowest BCUT2D eigenvalue weighted by atomic mass is 10.2. The van der Waals surface area contributed by atoms with E-state index in [1.54, 1.807) is 12.4 Å². The van der Waals surface area contributed by atoms with E-state index in [-0.39, 0.29) is 12.1 Å². The Labute approximate surface area is 71.4 Å². The fraction of sp³-hybridized carbons (Fsp3) is 0.333. The largest absolute Gasteiger partial charge is 0.458 e. The summed E-state index contributed by atoms with van der Waals surface area (Å²) in [6, 6.07) is 3.65. The molecule has 0 aliphatic heterocycles. The molecular weight excluding hydrogens is 154 g/mol. The first kappa shape index (κ1) is 8.71. The third-order valence-electron chi connectivity index (χ3n) is 1.52. The van der Waals surface area contributed by atoms with Crippen LogP contribution in [0.1, 0.15) is 25.5 Å². The van der Waals surface area contributed by atoms with E-state index in [0.717, 1.165) is 5.56 Å². The maximum Gasteiger partial charge on any atom is 0.303 e. The Morgan fingerprint density at radius 2 is 2.08 bits per heavy atom. The summed E-state index contributed by atoms with van der Waals surface area (Å²) in [6.45, 7) is 3.23. The van der Waals surface area contributed by atoms with Crippen LogP contribution in [0.25, 0.3) is 0 Å². The Hall–Kier alpha value is -1.38. The maximum absolute atomic E-state index is 10.6. The zero-order valence-electron chi connectivity index (χ0n) is 7.15. The van der Waals surface area contributed by atoms with Crippen molar-refractivity contribution in [3.8, 4) is 0 Å². The van der Waals surface area contributed by atoms with Crippen molar-refractivity contribution in [3.05, 3.63) is 30.1 Å². The molecule has 0 saturated carbocycles. The van der Waals surface area contributed by atoms with Crippen LogP contribution < -0.4 is 0 Å². The second kappa shape index (κ2) is 3.85. The van der Waals surface area contributed by atoms with E-state index in [4.69, 9.17) is 4.74 Å². The van der Waals surface area contributed by atoms with Gasteiger partial charge in [0.15, 0.2) is 0 Å². The minimum Gasteiger partial charge on any atom is -0.458 e. The number of rotatable bonds is 2. The molecule has 0 aliphatic rings.